The van der Waals surface area contributed by atoms with Crippen LogP contribution in [0.5, 0.6) is 0 Å². The number of rotatable bonds is 6. The van der Waals surface area contributed by atoms with Crippen LogP contribution in [0.4, 0.5) is 4.79 Å². The molecule has 1 aromatic carbocycles. The first kappa shape index (κ1) is 20.1. The van der Waals surface area contributed by atoms with Gasteiger partial charge in [-0.1, -0.05) is 35.5 Å². The van der Waals surface area contributed by atoms with Crippen LogP contribution in [0, 0.1) is 0 Å². The molecule has 2 atom stereocenters. The van der Waals surface area contributed by atoms with Gasteiger partial charge >= 0.3 is 6.03 Å². The molecule has 4 amide bonds. The first-order chi connectivity index (χ1) is 14.6. The zero-order valence-electron chi connectivity index (χ0n) is 16.8. The molecular weight excluding hydrogens is 384 g/mol. The summed E-state index contributed by atoms with van der Waals surface area (Å²) in [6.07, 6.45) is 6.23. The van der Waals surface area contributed by atoms with Crippen LogP contribution in [0.2, 0.25) is 0 Å². The van der Waals surface area contributed by atoms with E-state index in [9.17, 15) is 14.4 Å². The number of carbonyl (C=O) groups is 3. The highest BCUT2D eigenvalue weighted by atomic mass is 16.2. The number of piperidine rings is 1. The fourth-order valence-electron chi connectivity index (χ4n) is 4.13. The number of benzene rings is 1. The Hall–Kier alpha value is -3.23. The van der Waals surface area contributed by atoms with E-state index in [4.69, 9.17) is 0 Å². The Kier molecular flexibility index (Phi) is 6.06. The third kappa shape index (κ3) is 4.84. The maximum Gasteiger partial charge on any atom is 0.322 e. The van der Waals surface area contributed by atoms with Crippen LogP contribution in [-0.4, -0.2) is 56.4 Å². The molecule has 2 N–H and O–H groups in total. The highest BCUT2D eigenvalue weighted by molar-refractivity contribution is 6.02. The number of aromatic nitrogens is 3. The normalized spacial score (nSPS) is 21.8. The Bertz CT molecular complexity index is 896. The van der Waals surface area contributed by atoms with Crippen molar-refractivity contribution >= 4 is 17.8 Å². The number of imide groups is 1. The number of likely N-dealkylation sites (tertiary alicyclic amines) is 1. The lowest BCUT2D eigenvalue weighted by Crippen LogP contribution is -2.60. The van der Waals surface area contributed by atoms with E-state index in [0.717, 1.165) is 37.9 Å². The molecule has 4 rings (SSSR count). The molecule has 1 aromatic heterocycles. The average molecular weight is 410 g/mol. The van der Waals surface area contributed by atoms with E-state index in [1.807, 2.05) is 29.1 Å². The number of nitrogens with one attached hydrogen (secondary N) is 2. The Balaban J connectivity index is 1.37. The van der Waals surface area contributed by atoms with E-state index in [-0.39, 0.29) is 18.4 Å². The van der Waals surface area contributed by atoms with Crippen molar-refractivity contribution < 1.29 is 14.4 Å². The fourth-order valence-corrected chi connectivity index (χ4v) is 4.13. The van der Waals surface area contributed by atoms with Gasteiger partial charge in [0.05, 0.1) is 12.1 Å². The number of aryl methyl sites for hydroxylation is 2. The number of urea groups is 1. The molecular formula is C21H26N6O3. The van der Waals surface area contributed by atoms with Crippen molar-refractivity contribution in [2.45, 2.75) is 57.2 Å². The number of nitrogens with zero attached hydrogens (tertiary/aromatic N) is 4. The van der Waals surface area contributed by atoms with Gasteiger partial charge in [0.1, 0.15) is 6.04 Å². The second-order valence-electron chi connectivity index (χ2n) is 7.87. The minimum atomic E-state index is -0.798. The molecule has 3 heterocycles. The molecule has 9 nitrogen and oxygen atoms in total. The maximum absolute atomic E-state index is 13.0. The smallest absolute Gasteiger partial charge is 0.322 e. The largest absolute Gasteiger partial charge is 0.338 e. The zero-order valence-corrected chi connectivity index (χ0v) is 16.8. The molecule has 158 valence electrons. The summed E-state index contributed by atoms with van der Waals surface area (Å²) in [6.45, 7) is 1.37. The van der Waals surface area contributed by atoms with Crippen LogP contribution < -0.4 is 10.6 Å². The van der Waals surface area contributed by atoms with Crippen LogP contribution in [-0.2, 0) is 29.0 Å². The van der Waals surface area contributed by atoms with E-state index in [1.165, 1.54) is 5.56 Å². The summed E-state index contributed by atoms with van der Waals surface area (Å²) in [5.74, 6) is -0.619. The Labute approximate surface area is 174 Å². The molecule has 9 heteroatoms. The quantitative estimate of drug-likeness (QED) is 0.740. The molecule has 2 aliphatic heterocycles. The molecule has 30 heavy (non-hydrogen) atoms. The highest BCUT2D eigenvalue weighted by Crippen LogP contribution is 2.22. The van der Waals surface area contributed by atoms with Gasteiger partial charge in [-0.05, 0) is 31.2 Å². The summed E-state index contributed by atoms with van der Waals surface area (Å²) >= 11 is 0. The van der Waals surface area contributed by atoms with Gasteiger partial charge in [-0.3, -0.25) is 19.6 Å². The van der Waals surface area contributed by atoms with Gasteiger partial charge < -0.3 is 10.2 Å². The third-order valence-electron chi connectivity index (χ3n) is 5.66. The molecule has 2 aliphatic rings. The van der Waals surface area contributed by atoms with Crippen molar-refractivity contribution in [1.82, 2.24) is 30.5 Å². The molecule has 2 saturated heterocycles. The van der Waals surface area contributed by atoms with Crippen molar-refractivity contribution in [2.75, 3.05) is 6.54 Å². The first-order valence-corrected chi connectivity index (χ1v) is 10.4. The highest BCUT2D eigenvalue weighted by Gasteiger charge is 2.36. The fraction of sp³-hybridized carbons (Fsp3) is 0.476. The summed E-state index contributed by atoms with van der Waals surface area (Å²) in [4.78, 5) is 38.0. The number of carbonyl (C=O) groups excluding carboxylic acids is 3. The summed E-state index contributed by atoms with van der Waals surface area (Å²) in [6, 6.07) is 8.81. The third-order valence-corrected chi connectivity index (χ3v) is 5.66. The van der Waals surface area contributed by atoms with E-state index < -0.39 is 18.0 Å². The standard InChI is InChI=1S/C21H26N6O3/c28-19-13-18(22-21(30)23-19)20(29)27-10-5-4-8-17(27)12-16-14-26(25-24-16)11-9-15-6-2-1-3-7-15/h1-3,6-7,14,17-18H,4-5,8-13H2,(H2,22,23,28,30)/t17?,18-/m0/s1. The van der Waals surface area contributed by atoms with Crippen molar-refractivity contribution in [1.29, 1.82) is 0 Å². The Morgan fingerprint density at radius 3 is 2.80 bits per heavy atom. The van der Waals surface area contributed by atoms with Gasteiger partial charge in [0.15, 0.2) is 0 Å². The van der Waals surface area contributed by atoms with Crippen LogP contribution in [0.3, 0.4) is 0 Å². The molecule has 0 spiro atoms. The van der Waals surface area contributed by atoms with Gasteiger partial charge in [0.2, 0.25) is 11.8 Å². The summed E-state index contributed by atoms with van der Waals surface area (Å²) in [5.41, 5.74) is 2.09. The first-order valence-electron chi connectivity index (χ1n) is 10.4. The Morgan fingerprint density at radius 2 is 2.00 bits per heavy atom. The SMILES string of the molecule is O=C1C[C@@H](C(=O)N2CCCCC2Cc2cn(CCc3ccccc3)nn2)NC(=O)N1. The van der Waals surface area contributed by atoms with E-state index in [1.54, 1.807) is 4.90 Å². The molecule has 0 aliphatic carbocycles. The van der Waals surface area contributed by atoms with Crippen LogP contribution in [0.15, 0.2) is 36.5 Å². The Morgan fingerprint density at radius 1 is 1.17 bits per heavy atom. The summed E-state index contributed by atoms with van der Waals surface area (Å²) < 4.78 is 1.84. The molecule has 0 saturated carbocycles. The van der Waals surface area contributed by atoms with Gasteiger partial charge in [-0.25, -0.2) is 4.79 Å². The molecule has 1 unspecified atom stereocenters. The van der Waals surface area contributed by atoms with Crippen LogP contribution >= 0.6 is 0 Å². The van der Waals surface area contributed by atoms with E-state index in [0.29, 0.717) is 13.0 Å². The average Bonchev–Trinajstić information content (AvgIpc) is 3.19. The second-order valence-corrected chi connectivity index (χ2v) is 7.87. The summed E-state index contributed by atoms with van der Waals surface area (Å²) in [5, 5.41) is 13.3. The molecule has 0 bridgehead atoms. The predicted molar refractivity (Wildman–Crippen MR) is 108 cm³/mol. The van der Waals surface area contributed by atoms with Gasteiger partial charge in [-0.2, -0.15) is 0 Å². The monoisotopic (exact) mass is 410 g/mol. The van der Waals surface area contributed by atoms with Gasteiger partial charge in [0, 0.05) is 31.7 Å². The number of hydrogen-bond acceptors (Lipinski definition) is 5. The van der Waals surface area contributed by atoms with E-state index in [2.05, 4.69) is 33.1 Å². The van der Waals surface area contributed by atoms with Crippen molar-refractivity contribution in [3.8, 4) is 0 Å². The van der Waals surface area contributed by atoms with Gasteiger partial charge in [-0.15, -0.1) is 5.10 Å². The van der Waals surface area contributed by atoms with Crippen molar-refractivity contribution in [3.05, 3.63) is 47.8 Å². The van der Waals surface area contributed by atoms with Crippen molar-refractivity contribution in [2.24, 2.45) is 0 Å². The van der Waals surface area contributed by atoms with Crippen LogP contribution in [0.1, 0.15) is 36.9 Å². The predicted octanol–water partition coefficient (Wildman–Crippen LogP) is 1.04. The lowest BCUT2D eigenvalue weighted by atomic mass is 9.96. The molecule has 2 fully saturated rings. The lowest BCUT2D eigenvalue weighted by Gasteiger charge is -2.38. The van der Waals surface area contributed by atoms with Crippen molar-refractivity contribution in [3.63, 3.8) is 0 Å². The zero-order chi connectivity index (χ0) is 20.9. The minimum Gasteiger partial charge on any atom is -0.338 e. The van der Waals surface area contributed by atoms with Gasteiger partial charge in [0.25, 0.3) is 0 Å². The topological polar surface area (TPSA) is 109 Å². The summed E-state index contributed by atoms with van der Waals surface area (Å²) in [7, 11) is 0. The molecule has 2 aromatic rings. The van der Waals surface area contributed by atoms with E-state index >= 15 is 0 Å². The number of amides is 4. The maximum atomic E-state index is 13.0. The second kappa shape index (κ2) is 9.06. The molecule has 0 radical (unpaired) electrons. The lowest BCUT2D eigenvalue weighted by molar-refractivity contribution is -0.139. The van der Waals surface area contributed by atoms with Crippen LogP contribution in [0.25, 0.3) is 0 Å². The number of hydrogen-bond donors (Lipinski definition) is 2. The minimum absolute atomic E-state index is 0.00702.